The van der Waals surface area contributed by atoms with Crippen molar-refractivity contribution < 1.29 is 27.0 Å². The molecule has 2 heterocycles. The maximum absolute atomic E-state index is 13.5. The number of fused-ring (bicyclic) bond motifs is 1. The van der Waals surface area contributed by atoms with Crippen LogP contribution in [0.1, 0.15) is 20.8 Å². The van der Waals surface area contributed by atoms with Crippen LogP contribution in [-0.2, 0) is 9.84 Å². The Morgan fingerprint density at radius 2 is 1.78 bits per heavy atom. The van der Waals surface area contributed by atoms with E-state index < -0.39 is 9.84 Å². The Kier molecular flexibility index (Phi) is 6.27. The summed E-state index contributed by atoms with van der Waals surface area (Å²) in [5.41, 5.74) is 0.643. The van der Waals surface area contributed by atoms with Gasteiger partial charge in [0.05, 0.1) is 11.5 Å². The van der Waals surface area contributed by atoms with Crippen molar-refractivity contribution in [3.05, 3.63) is 42.5 Å². The largest absolute Gasteiger partial charge is 0.494 e. The third-order valence-electron chi connectivity index (χ3n) is 4.76. The number of anilines is 1. The first-order valence-electron chi connectivity index (χ1n) is 10.5. The summed E-state index contributed by atoms with van der Waals surface area (Å²) in [5, 5.41) is 2.92. The Balaban J connectivity index is 1.74. The molecule has 2 aromatic carbocycles. The minimum absolute atomic E-state index is 0.0564. The van der Waals surface area contributed by atoms with Gasteiger partial charge in [-0.15, -0.1) is 0 Å². The van der Waals surface area contributed by atoms with Gasteiger partial charge in [-0.1, -0.05) is 13.8 Å². The number of benzene rings is 2. The molecule has 170 valence electrons. The number of aromatic nitrogens is 1. The number of hydrogen-bond donors (Lipinski definition) is 1. The summed E-state index contributed by atoms with van der Waals surface area (Å²) in [5.74, 6) is 2.21. The van der Waals surface area contributed by atoms with Crippen molar-refractivity contribution in [2.24, 2.45) is 5.92 Å². The van der Waals surface area contributed by atoms with Crippen molar-refractivity contribution in [3.8, 4) is 28.7 Å². The van der Waals surface area contributed by atoms with E-state index in [-0.39, 0.29) is 27.6 Å². The molecule has 0 bridgehead atoms. The van der Waals surface area contributed by atoms with Crippen molar-refractivity contribution in [2.45, 2.75) is 30.7 Å². The van der Waals surface area contributed by atoms with Crippen LogP contribution in [0.25, 0.3) is 11.5 Å². The van der Waals surface area contributed by atoms with Gasteiger partial charge in [-0.2, -0.15) is 4.98 Å². The molecule has 1 aliphatic heterocycles. The lowest BCUT2D eigenvalue weighted by atomic mass is 10.2. The standard InChI is InChI=1S/C23H26N2O6S/c1-4-28-17-7-5-16(6-8-17)21-25-23(22(31-21)24-14-15(2)3)32(26,27)18-9-10-19-20(13-18)30-12-11-29-19/h5-10,13,15,24H,4,11-12,14H2,1-3H3. The minimum atomic E-state index is -3.98. The van der Waals surface area contributed by atoms with Crippen LogP contribution in [0.4, 0.5) is 5.88 Å². The van der Waals surface area contributed by atoms with Crippen molar-refractivity contribution >= 4 is 15.7 Å². The summed E-state index contributed by atoms with van der Waals surface area (Å²) in [6, 6.07) is 11.7. The normalized spacial score (nSPS) is 13.2. The zero-order valence-corrected chi connectivity index (χ0v) is 19.1. The molecule has 0 atom stereocenters. The van der Waals surface area contributed by atoms with Crippen molar-refractivity contribution in [1.82, 2.24) is 4.98 Å². The van der Waals surface area contributed by atoms with Crippen LogP contribution in [-0.4, -0.2) is 39.8 Å². The quantitative estimate of drug-likeness (QED) is 0.530. The smallest absolute Gasteiger partial charge is 0.233 e. The van der Waals surface area contributed by atoms with E-state index in [0.29, 0.717) is 49.2 Å². The van der Waals surface area contributed by atoms with Gasteiger partial charge in [0.15, 0.2) is 11.5 Å². The zero-order chi connectivity index (χ0) is 22.7. The SMILES string of the molecule is CCOc1ccc(-c2nc(S(=O)(=O)c3ccc4c(c3)OCCO4)c(NCC(C)C)o2)cc1. The van der Waals surface area contributed by atoms with Crippen LogP contribution in [0.15, 0.2) is 56.8 Å². The molecule has 4 rings (SSSR count). The van der Waals surface area contributed by atoms with Crippen LogP contribution in [0.2, 0.25) is 0 Å². The molecule has 0 saturated carbocycles. The average molecular weight is 459 g/mol. The molecule has 0 spiro atoms. The van der Waals surface area contributed by atoms with E-state index in [1.165, 1.54) is 12.1 Å². The summed E-state index contributed by atoms with van der Waals surface area (Å²) < 4.78 is 49.4. The van der Waals surface area contributed by atoms with Crippen molar-refractivity contribution in [1.29, 1.82) is 0 Å². The van der Waals surface area contributed by atoms with Gasteiger partial charge >= 0.3 is 0 Å². The Labute approximate surface area is 187 Å². The highest BCUT2D eigenvalue weighted by Gasteiger charge is 2.30. The summed E-state index contributed by atoms with van der Waals surface area (Å²) in [4.78, 5) is 4.42. The number of sulfone groups is 1. The number of rotatable bonds is 8. The van der Waals surface area contributed by atoms with Crippen LogP contribution >= 0.6 is 0 Å². The van der Waals surface area contributed by atoms with Gasteiger partial charge in [-0.25, -0.2) is 8.42 Å². The molecule has 1 N–H and O–H groups in total. The summed E-state index contributed by atoms with van der Waals surface area (Å²) in [6.07, 6.45) is 0. The number of oxazole rings is 1. The van der Waals surface area contributed by atoms with Crippen LogP contribution in [0.5, 0.6) is 17.2 Å². The second-order valence-corrected chi connectivity index (χ2v) is 9.56. The lowest BCUT2D eigenvalue weighted by Gasteiger charge is -2.18. The van der Waals surface area contributed by atoms with E-state index >= 15 is 0 Å². The fraction of sp³-hybridized carbons (Fsp3) is 0.348. The first-order valence-corrected chi connectivity index (χ1v) is 12.0. The van der Waals surface area contributed by atoms with Gasteiger partial charge in [-0.3, -0.25) is 0 Å². The van der Waals surface area contributed by atoms with E-state index in [0.717, 1.165) is 0 Å². The Morgan fingerprint density at radius 3 is 2.47 bits per heavy atom. The van der Waals surface area contributed by atoms with E-state index in [2.05, 4.69) is 10.3 Å². The lowest BCUT2D eigenvalue weighted by molar-refractivity contribution is 0.171. The molecular formula is C23H26N2O6S. The Hall–Kier alpha value is -3.20. The fourth-order valence-electron chi connectivity index (χ4n) is 3.18. The molecular weight excluding hydrogens is 432 g/mol. The molecule has 0 unspecified atom stereocenters. The highest BCUT2D eigenvalue weighted by Crippen LogP contribution is 2.37. The predicted octanol–water partition coefficient (Wildman–Crippen LogP) is 4.41. The maximum atomic E-state index is 13.5. The molecule has 0 saturated heterocycles. The number of nitrogens with one attached hydrogen (secondary N) is 1. The third kappa shape index (κ3) is 4.52. The number of nitrogens with zero attached hydrogens (tertiary/aromatic N) is 1. The van der Waals surface area contributed by atoms with Gasteiger partial charge in [-0.05, 0) is 49.2 Å². The second kappa shape index (κ2) is 9.12. The average Bonchev–Trinajstić information content (AvgIpc) is 3.23. The highest BCUT2D eigenvalue weighted by atomic mass is 32.2. The summed E-state index contributed by atoms with van der Waals surface area (Å²) in [6.45, 7) is 7.82. The van der Waals surface area contributed by atoms with Crippen LogP contribution in [0.3, 0.4) is 0 Å². The Bertz CT molecular complexity index is 1190. The molecule has 0 amide bonds. The second-order valence-electron chi connectivity index (χ2n) is 7.69. The highest BCUT2D eigenvalue weighted by molar-refractivity contribution is 7.91. The molecule has 9 heteroatoms. The van der Waals surface area contributed by atoms with Crippen molar-refractivity contribution in [2.75, 3.05) is 31.7 Å². The van der Waals surface area contributed by atoms with Crippen LogP contribution < -0.4 is 19.5 Å². The van der Waals surface area contributed by atoms with Gasteiger partial charge in [0.25, 0.3) is 0 Å². The Morgan fingerprint density at radius 1 is 1.06 bits per heavy atom. The van der Waals surface area contributed by atoms with E-state index in [1.807, 2.05) is 20.8 Å². The first-order chi connectivity index (χ1) is 15.4. The molecule has 3 aromatic rings. The fourth-order valence-corrected chi connectivity index (χ4v) is 4.48. The molecule has 8 nitrogen and oxygen atoms in total. The molecule has 0 aliphatic carbocycles. The van der Waals surface area contributed by atoms with Crippen LogP contribution in [0, 0.1) is 5.92 Å². The molecule has 0 radical (unpaired) electrons. The minimum Gasteiger partial charge on any atom is -0.494 e. The summed E-state index contributed by atoms with van der Waals surface area (Å²) in [7, 11) is -3.98. The predicted molar refractivity (Wildman–Crippen MR) is 119 cm³/mol. The topological polar surface area (TPSA) is 99.9 Å². The maximum Gasteiger partial charge on any atom is 0.233 e. The van der Waals surface area contributed by atoms with Crippen molar-refractivity contribution in [3.63, 3.8) is 0 Å². The molecule has 1 aromatic heterocycles. The van der Waals surface area contributed by atoms with Gasteiger partial charge in [0.1, 0.15) is 19.0 Å². The zero-order valence-electron chi connectivity index (χ0n) is 18.3. The first kappa shape index (κ1) is 22.0. The molecule has 1 aliphatic rings. The molecule has 32 heavy (non-hydrogen) atoms. The van der Waals surface area contributed by atoms with Gasteiger partial charge < -0.3 is 23.9 Å². The van der Waals surface area contributed by atoms with E-state index in [9.17, 15) is 8.42 Å². The van der Waals surface area contributed by atoms with Gasteiger partial charge in [0, 0.05) is 18.2 Å². The monoisotopic (exact) mass is 458 g/mol. The van der Waals surface area contributed by atoms with E-state index in [1.54, 1.807) is 30.3 Å². The lowest BCUT2D eigenvalue weighted by Crippen LogP contribution is -2.16. The molecule has 0 fully saturated rings. The van der Waals surface area contributed by atoms with E-state index in [4.69, 9.17) is 18.6 Å². The summed E-state index contributed by atoms with van der Waals surface area (Å²) >= 11 is 0. The van der Waals surface area contributed by atoms with Gasteiger partial charge in [0.2, 0.25) is 26.6 Å². The number of hydrogen-bond acceptors (Lipinski definition) is 8. The number of ether oxygens (including phenoxy) is 3. The third-order valence-corrected chi connectivity index (χ3v) is 6.42.